The van der Waals surface area contributed by atoms with Crippen LogP contribution in [0.25, 0.3) is 17.2 Å². The van der Waals surface area contributed by atoms with Crippen molar-refractivity contribution in [3.8, 4) is 17.2 Å². The Hall–Kier alpha value is -2.84. The first kappa shape index (κ1) is 14.1. The Bertz CT molecular complexity index is 798. The van der Waals surface area contributed by atoms with Crippen molar-refractivity contribution in [1.82, 2.24) is 25.2 Å². The molecule has 0 saturated heterocycles. The number of aromatic nitrogens is 5. The summed E-state index contributed by atoms with van der Waals surface area (Å²) >= 11 is 0. The largest absolute Gasteiger partial charge is 0.416 e. The molecule has 0 amide bonds. The SMILES string of the molecule is Fc1cc(-n2nnc(-c3ccccn3)n2)cc(C(F)(F)F)c1. The van der Waals surface area contributed by atoms with E-state index < -0.39 is 17.6 Å². The minimum absolute atomic E-state index is 0.124. The van der Waals surface area contributed by atoms with E-state index in [0.29, 0.717) is 11.8 Å². The lowest BCUT2D eigenvalue weighted by Gasteiger charge is -2.08. The van der Waals surface area contributed by atoms with Crippen LogP contribution >= 0.6 is 0 Å². The third kappa shape index (κ3) is 2.78. The molecule has 0 aliphatic rings. The van der Waals surface area contributed by atoms with Gasteiger partial charge >= 0.3 is 6.18 Å². The first-order valence-electron chi connectivity index (χ1n) is 6.03. The van der Waals surface area contributed by atoms with E-state index >= 15 is 0 Å². The molecular formula is C13H7F4N5. The van der Waals surface area contributed by atoms with Crippen LogP contribution < -0.4 is 0 Å². The highest BCUT2D eigenvalue weighted by atomic mass is 19.4. The molecule has 2 aromatic heterocycles. The Morgan fingerprint density at radius 1 is 1.05 bits per heavy atom. The predicted molar refractivity (Wildman–Crippen MR) is 67.3 cm³/mol. The van der Waals surface area contributed by atoms with Crippen molar-refractivity contribution < 1.29 is 17.6 Å². The summed E-state index contributed by atoms with van der Waals surface area (Å²) in [6.45, 7) is 0. The van der Waals surface area contributed by atoms with Gasteiger partial charge in [-0.05, 0) is 29.5 Å². The summed E-state index contributed by atoms with van der Waals surface area (Å²) in [5.41, 5.74) is -0.901. The van der Waals surface area contributed by atoms with Crippen molar-refractivity contribution >= 4 is 0 Å². The zero-order chi connectivity index (χ0) is 15.7. The van der Waals surface area contributed by atoms with Gasteiger partial charge in [-0.2, -0.15) is 13.2 Å². The molecule has 0 unspecified atom stereocenters. The number of benzene rings is 1. The lowest BCUT2D eigenvalue weighted by molar-refractivity contribution is -0.137. The average Bonchev–Trinajstić information content (AvgIpc) is 2.96. The number of alkyl halides is 3. The highest BCUT2D eigenvalue weighted by Crippen LogP contribution is 2.31. The number of hydrogen-bond acceptors (Lipinski definition) is 4. The highest BCUT2D eigenvalue weighted by molar-refractivity contribution is 5.47. The van der Waals surface area contributed by atoms with Gasteiger partial charge in [-0.15, -0.1) is 15.0 Å². The molecule has 0 aliphatic heterocycles. The van der Waals surface area contributed by atoms with Gasteiger partial charge in [-0.3, -0.25) is 4.98 Å². The normalized spacial score (nSPS) is 11.6. The van der Waals surface area contributed by atoms with E-state index in [1.807, 2.05) is 0 Å². The molecule has 0 spiro atoms. The van der Waals surface area contributed by atoms with Crippen LogP contribution in [0.2, 0.25) is 0 Å². The van der Waals surface area contributed by atoms with Gasteiger partial charge in [0.25, 0.3) is 0 Å². The number of halogens is 4. The standard InChI is InChI=1S/C13H7F4N5/c14-9-5-8(13(15,16)17)6-10(7-9)22-20-12(19-21-22)11-3-1-2-4-18-11/h1-7H. The molecule has 2 heterocycles. The molecule has 0 saturated carbocycles. The van der Waals surface area contributed by atoms with E-state index in [0.717, 1.165) is 16.9 Å². The number of tetrazole rings is 1. The van der Waals surface area contributed by atoms with Gasteiger partial charge in [0.1, 0.15) is 11.5 Å². The van der Waals surface area contributed by atoms with E-state index in [-0.39, 0.29) is 11.5 Å². The molecule has 9 heteroatoms. The summed E-state index contributed by atoms with van der Waals surface area (Å²) in [5, 5.41) is 11.2. The summed E-state index contributed by atoms with van der Waals surface area (Å²) < 4.78 is 51.4. The molecular weight excluding hydrogens is 302 g/mol. The van der Waals surface area contributed by atoms with Crippen LogP contribution in [0.1, 0.15) is 5.56 Å². The molecule has 1 aromatic carbocycles. The minimum Gasteiger partial charge on any atom is -0.253 e. The molecule has 0 fully saturated rings. The molecule has 5 nitrogen and oxygen atoms in total. The number of pyridine rings is 1. The van der Waals surface area contributed by atoms with E-state index in [1.165, 1.54) is 6.20 Å². The van der Waals surface area contributed by atoms with Gasteiger partial charge in [0.05, 0.1) is 11.3 Å². The first-order chi connectivity index (χ1) is 10.4. The van der Waals surface area contributed by atoms with E-state index in [4.69, 9.17) is 0 Å². The quantitative estimate of drug-likeness (QED) is 0.683. The van der Waals surface area contributed by atoms with Gasteiger partial charge in [0, 0.05) is 12.3 Å². The van der Waals surface area contributed by atoms with Crippen LogP contribution in [0.4, 0.5) is 17.6 Å². The lowest BCUT2D eigenvalue weighted by atomic mass is 10.2. The Labute approximate surface area is 121 Å². The molecule has 112 valence electrons. The minimum atomic E-state index is -4.67. The maximum absolute atomic E-state index is 13.4. The van der Waals surface area contributed by atoms with Crippen LogP contribution in [0.3, 0.4) is 0 Å². The average molecular weight is 309 g/mol. The molecule has 0 aliphatic carbocycles. The molecule has 0 atom stereocenters. The highest BCUT2D eigenvalue weighted by Gasteiger charge is 2.31. The fourth-order valence-electron chi connectivity index (χ4n) is 1.77. The van der Waals surface area contributed by atoms with Gasteiger partial charge < -0.3 is 0 Å². The van der Waals surface area contributed by atoms with Crippen LogP contribution in [-0.2, 0) is 6.18 Å². The third-order valence-electron chi connectivity index (χ3n) is 2.75. The number of nitrogens with zero attached hydrogens (tertiary/aromatic N) is 5. The topological polar surface area (TPSA) is 56.5 Å². The fourth-order valence-corrected chi connectivity index (χ4v) is 1.77. The molecule has 22 heavy (non-hydrogen) atoms. The van der Waals surface area contributed by atoms with Crippen molar-refractivity contribution in [2.24, 2.45) is 0 Å². The van der Waals surface area contributed by atoms with Crippen LogP contribution in [0.15, 0.2) is 42.6 Å². The Morgan fingerprint density at radius 3 is 2.55 bits per heavy atom. The van der Waals surface area contributed by atoms with E-state index in [1.54, 1.807) is 18.2 Å². The first-order valence-corrected chi connectivity index (χ1v) is 6.03. The van der Waals surface area contributed by atoms with Gasteiger partial charge in [-0.25, -0.2) is 4.39 Å². The van der Waals surface area contributed by atoms with E-state index in [2.05, 4.69) is 20.4 Å². The summed E-state index contributed by atoms with van der Waals surface area (Å²) in [6.07, 6.45) is -3.15. The van der Waals surface area contributed by atoms with Gasteiger partial charge in [0.15, 0.2) is 0 Å². The molecule has 0 N–H and O–H groups in total. The Morgan fingerprint density at radius 2 is 1.86 bits per heavy atom. The van der Waals surface area contributed by atoms with E-state index in [9.17, 15) is 17.6 Å². The molecule has 3 rings (SSSR count). The van der Waals surface area contributed by atoms with Crippen LogP contribution in [0.5, 0.6) is 0 Å². The summed E-state index contributed by atoms with van der Waals surface area (Å²) in [5.74, 6) is -0.917. The van der Waals surface area contributed by atoms with Crippen molar-refractivity contribution in [2.75, 3.05) is 0 Å². The van der Waals surface area contributed by atoms with Gasteiger partial charge in [0.2, 0.25) is 5.82 Å². The summed E-state index contributed by atoms with van der Waals surface area (Å²) in [7, 11) is 0. The number of rotatable bonds is 2. The van der Waals surface area contributed by atoms with Crippen molar-refractivity contribution in [3.63, 3.8) is 0 Å². The zero-order valence-corrected chi connectivity index (χ0v) is 10.8. The Kier molecular flexibility index (Phi) is 3.32. The van der Waals surface area contributed by atoms with Crippen LogP contribution in [0, 0.1) is 5.82 Å². The van der Waals surface area contributed by atoms with Crippen molar-refractivity contribution in [2.45, 2.75) is 6.18 Å². The van der Waals surface area contributed by atoms with Gasteiger partial charge in [-0.1, -0.05) is 6.07 Å². The smallest absolute Gasteiger partial charge is 0.253 e. The summed E-state index contributed by atoms with van der Waals surface area (Å²) in [6, 6.07) is 7.04. The molecule has 3 aromatic rings. The van der Waals surface area contributed by atoms with Crippen molar-refractivity contribution in [3.05, 3.63) is 54.0 Å². The number of hydrogen-bond donors (Lipinski definition) is 0. The molecule has 0 radical (unpaired) electrons. The third-order valence-corrected chi connectivity index (χ3v) is 2.75. The second-order valence-corrected chi connectivity index (χ2v) is 4.31. The van der Waals surface area contributed by atoms with Crippen LogP contribution in [-0.4, -0.2) is 25.2 Å². The monoisotopic (exact) mass is 309 g/mol. The Balaban J connectivity index is 2.02. The lowest BCUT2D eigenvalue weighted by Crippen LogP contribution is -2.08. The molecule has 0 bridgehead atoms. The van der Waals surface area contributed by atoms with Crippen molar-refractivity contribution in [1.29, 1.82) is 0 Å². The maximum Gasteiger partial charge on any atom is 0.416 e. The predicted octanol–water partition coefficient (Wildman–Crippen LogP) is 2.88. The second kappa shape index (κ2) is 5.17. The second-order valence-electron chi connectivity index (χ2n) is 4.31. The summed E-state index contributed by atoms with van der Waals surface area (Å²) in [4.78, 5) is 4.82. The maximum atomic E-state index is 13.4. The zero-order valence-electron chi connectivity index (χ0n) is 10.8. The fraction of sp³-hybridized carbons (Fsp3) is 0.0769.